The molecule has 94 valence electrons. The van der Waals surface area contributed by atoms with Gasteiger partial charge in [-0.15, -0.1) is 0 Å². The molecular formula is C13H17N5. The number of hydrogen-bond donors (Lipinski definition) is 2. The van der Waals surface area contributed by atoms with Gasteiger partial charge in [0.1, 0.15) is 5.82 Å². The second-order valence-corrected chi connectivity index (χ2v) is 4.03. The highest BCUT2D eigenvalue weighted by Gasteiger charge is 2.12. The zero-order valence-corrected chi connectivity index (χ0v) is 10.4. The summed E-state index contributed by atoms with van der Waals surface area (Å²) in [4.78, 5) is 12.4. The molecule has 2 rings (SSSR count). The van der Waals surface area contributed by atoms with E-state index in [1.807, 2.05) is 12.1 Å². The van der Waals surface area contributed by atoms with Gasteiger partial charge in [0.2, 0.25) is 0 Å². The maximum atomic E-state index is 5.69. The Labute approximate surface area is 106 Å². The van der Waals surface area contributed by atoms with E-state index in [0.717, 1.165) is 24.2 Å². The van der Waals surface area contributed by atoms with E-state index in [2.05, 4.69) is 27.2 Å². The first kappa shape index (κ1) is 12.4. The lowest BCUT2D eigenvalue weighted by Crippen LogP contribution is -2.24. The fourth-order valence-electron chi connectivity index (χ4n) is 1.88. The zero-order valence-electron chi connectivity index (χ0n) is 10.4. The number of pyridine rings is 1. The summed E-state index contributed by atoms with van der Waals surface area (Å²) in [6.07, 6.45) is 7.72. The minimum atomic E-state index is 0.144. The number of nitrogens with two attached hydrogens (primary N) is 1. The van der Waals surface area contributed by atoms with E-state index >= 15 is 0 Å². The molecular weight excluding hydrogens is 226 g/mol. The maximum absolute atomic E-state index is 5.69. The Kier molecular flexibility index (Phi) is 4.20. The molecule has 0 saturated carbocycles. The Balaban J connectivity index is 2.16. The zero-order chi connectivity index (χ0) is 12.8. The van der Waals surface area contributed by atoms with E-state index in [0.29, 0.717) is 5.82 Å². The highest BCUT2D eigenvalue weighted by atomic mass is 14.9. The fourth-order valence-corrected chi connectivity index (χ4v) is 1.88. The maximum Gasteiger partial charge on any atom is 0.123 e. The van der Waals surface area contributed by atoms with Crippen LogP contribution in [-0.4, -0.2) is 21.5 Å². The Morgan fingerprint density at radius 3 is 2.83 bits per heavy atom. The minimum Gasteiger partial charge on any atom is -0.384 e. The van der Waals surface area contributed by atoms with Crippen LogP contribution in [0.3, 0.4) is 0 Å². The summed E-state index contributed by atoms with van der Waals surface area (Å²) < 4.78 is 0. The predicted octanol–water partition coefficient (Wildman–Crippen LogP) is 1.35. The van der Waals surface area contributed by atoms with Crippen molar-refractivity contribution in [1.29, 1.82) is 0 Å². The Bertz CT molecular complexity index is 486. The highest BCUT2D eigenvalue weighted by molar-refractivity contribution is 5.32. The highest BCUT2D eigenvalue weighted by Crippen LogP contribution is 2.16. The molecule has 0 aliphatic heterocycles. The smallest absolute Gasteiger partial charge is 0.123 e. The van der Waals surface area contributed by atoms with Gasteiger partial charge in [-0.2, -0.15) is 0 Å². The number of nitrogens with zero attached hydrogens (tertiary/aromatic N) is 3. The van der Waals surface area contributed by atoms with Crippen LogP contribution >= 0.6 is 0 Å². The van der Waals surface area contributed by atoms with Gasteiger partial charge in [-0.05, 0) is 30.7 Å². The number of nitrogens with one attached hydrogen (secondary N) is 1. The van der Waals surface area contributed by atoms with Crippen LogP contribution in [0.2, 0.25) is 0 Å². The third-order valence-electron chi connectivity index (χ3n) is 2.68. The van der Waals surface area contributed by atoms with Gasteiger partial charge >= 0.3 is 0 Å². The number of nitrogen functional groups attached to an aromatic ring is 1. The van der Waals surface area contributed by atoms with E-state index in [4.69, 9.17) is 5.73 Å². The van der Waals surface area contributed by atoms with Crippen molar-refractivity contribution in [2.24, 2.45) is 0 Å². The molecule has 0 aliphatic rings. The topological polar surface area (TPSA) is 76.7 Å². The lowest BCUT2D eigenvalue weighted by Gasteiger charge is -2.17. The van der Waals surface area contributed by atoms with Gasteiger partial charge in [0.15, 0.2) is 0 Å². The average molecular weight is 243 g/mol. The molecule has 1 atom stereocenters. The first-order valence-electron chi connectivity index (χ1n) is 5.99. The Hall–Kier alpha value is -2.01. The largest absolute Gasteiger partial charge is 0.384 e. The van der Waals surface area contributed by atoms with E-state index in [1.165, 1.54) is 0 Å². The summed E-state index contributed by atoms with van der Waals surface area (Å²) in [6.45, 7) is 2.95. The van der Waals surface area contributed by atoms with Gasteiger partial charge in [0.05, 0.1) is 11.7 Å². The number of aromatic nitrogens is 3. The summed E-state index contributed by atoms with van der Waals surface area (Å²) in [7, 11) is 0. The monoisotopic (exact) mass is 243 g/mol. The minimum absolute atomic E-state index is 0.144. The lowest BCUT2D eigenvalue weighted by atomic mass is 10.0. The molecule has 0 saturated heterocycles. The summed E-state index contributed by atoms with van der Waals surface area (Å²) >= 11 is 0. The summed E-state index contributed by atoms with van der Waals surface area (Å²) in [5, 5.41) is 3.40. The van der Waals surface area contributed by atoms with Gasteiger partial charge < -0.3 is 11.1 Å². The molecule has 0 spiro atoms. The standard InChI is InChI=1S/C13H17N5/c1-2-16-11(12-9-15-5-6-17-12)7-10-3-4-18-13(14)8-10/h3-6,8-9,11,16H,2,7H2,1H3,(H2,14,18). The van der Waals surface area contributed by atoms with Crippen LogP contribution in [0.25, 0.3) is 0 Å². The van der Waals surface area contributed by atoms with E-state index < -0.39 is 0 Å². The molecule has 0 fully saturated rings. The summed E-state index contributed by atoms with van der Waals surface area (Å²) in [6, 6.07) is 4.00. The third-order valence-corrected chi connectivity index (χ3v) is 2.68. The third kappa shape index (κ3) is 3.24. The molecule has 0 aromatic carbocycles. The van der Waals surface area contributed by atoms with Crippen LogP contribution in [0.5, 0.6) is 0 Å². The van der Waals surface area contributed by atoms with Crippen molar-refractivity contribution in [2.75, 3.05) is 12.3 Å². The van der Waals surface area contributed by atoms with Gasteiger partial charge in [0.25, 0.3) is 0 Å². The molecule has 2 heterocycles. The molecule has 18 heavy (non-hydrogen) atoms. The molecule has 0 radical (unpaired) electrons. The van der Waals surface area contributed by atoms with Crippen LogP contribution in [0.1, 0.15) is 24.2 Å². The first-order valence-corrected chi connectivity index (χ1v) is 5.99. The second kappa shape index (κ2) is 6.07. The molecule has 2 aromatic rings. The van der Waals surface area contributed by atoms with Crippen LogP contribution < -0.4 is 11.1 Å². The fraction of sp³-hybridized carbons (Fsp3) is 0.308. The van der Waals surface area contributed by atoms with Crippen molar-refractivity contribution in [1.82, 2.24) is 20.3 Å². The molecule has 0 aliphatic carbocycles. The first-order chi connectivity index (χ1) is 8.79. The molecule has 3 N–H and O–H groups in total. The van der Waals surface area contributed by atoms with Crippen LogP contribution in [-0.2, 0) is 6.42 Å². The van der Waals surface area contributed by atoms with Crippen LogP contribution in [0.15, 0.2) is 36.9 Å². The number of likely N-dealkylation sites (N-methyl/N-ethyl adjacent to an activating group) is 1. The summed E-state index contributed by atoms with van der Waals surface area (Å²) in [5.41, 5.74) is 7.77. The van der Waals surface area contributed by atoms with Gasteiger partial charge in [-0.25, -0.2) is 4.98 Å². The van der Waals surface area contributed by atoms with Gasteiger partial charge in [-0.1, -0.05) is 6.92 Å². The molecule has 5 heteroatoms. The van der Waals surface area contributed by atoms with Crippen LogP contribution in [0.4, 0.5) is 5.82 Å². The van der Waals surface area contributed by atoms with Crippen molar-refractivity contribution in [3.05, 3.63) is 48.2 Å². The summed E-state index contributed by atoms with van der Waals surface area (Å²) in [5.74, 6) is 0.543. The molecule has 1 unspecified atom stereocenters. The van der Waals surface area contributed by atoms with E-state index in [9.17, 15) is 0 Å². The van der Waals surface area contributed by atoms with Gasteiger partial charge in [0, 0.05) is 24.8 Å². The quantitative estimate of drug-likeness (QED) is 0.829. The Morgan fingerprint density at radius 2 is 2.17 bits per heavy atom. The van der Waals surface area contributed by atoms with E-state index in [-0.39, 0.29) is 6.04 Å². The number of anilines is 1. The second-order valence-electron chi connectivity index (χ2n) is 4.03. The van der Waals surface area contributed by atoms with Crippen molar-refractivity contribution >= 4 is 5.82 Å². The van der Waals surface area contributed by atoms with E-state index in [1.54, 1.807) is 24.8 Å². The lowest BCUT2D eigenvalue weighted by molar-refractivity contribution is 0.534. The number of rotatable bonds is 5. The molecule has 0 amide bonds. The van der Waals surface area contributed by atoms with Crippen LogP contribution in [0, 0.1) is 0 Å². The van der Waals surface area contributed by atoms with Crippen molar-refractivity contribution in [3.63, 3.8) is 0 Å². The molecule has 5 nitrogen and oxygen atoms in total. The Morgan fingerprint density at radius 1 is 1.28 bits per heavy atom. The van der Waals surface area contributed by atoms with Crippen molar-refractivity contribution in [2.45, 2.75) is 19.4 Å². The van der Waals surface area contributed by atoms with Crippen molar-refractivity contribution < 1.29 is 0 Å². The molecule has 0 bridgehead atoms. The van der Waals surface area contributed by atoms with Gasteiger partial charge in [-0.3, -0.25) is 9.97 Å². The van der Waals surface area contributed by atoms with Crippen molar-refractivity contribution in [3.8, 4) is 0 Å². The number of hydrogen-bond acceptors (Lipinski definition) is 5. The predicted molar refractivity (Wildman–Crippen MR) is 70.8 cm³/mol. The molecule has 2 aromatic heterocycles. The normalized spacial score (nSPS) is 12.3. The average Bonchev–Trinajstić information content (AvgIpc) is 2.39. The SMILES string of the molecule is CCNC(Cc1ccnc(N)c1)c1cnccn1.